The van der Waals surface area contributed by atoms with E-state index in [0.717, 1.165) is 23.5 Å². The summed E-state index contributed by atoms with van der Waals surface area (Å²) in [5, 5.41) is 0. The Bertz CT molecular complexity index is 3540. The summed E-state index contributed by atoms with van der Waals surface area (Å²) in [6, 6.07) is 91.2. The summed E-state index contributed by atoms with van der Waals surface area (Å²) in [6.07, 6.45) is 0.947. The Morgan fingerprint density at radius 3 is 1.40 bits per heavy atom. The molecule has 0 heterocycles. The first kappa shape index (κ1) is 40.3. The normalized spacial score (nSPS) is 16.2. The predicted molar refractivity (Wildman–Crippen MR) is 283 cm³/mol. The van der Waals surface area contributed by atoms with E-state index in [0.29, 0.717) is 0 Å². The molecule has 68 heavy (non-hydrogen) atoms. The molecule has 1 atom stereocenters. The number of hydrogen-bond acceptors (Lipinski definition) is 1. The molecule has 10 aromatic rings. The van der Waals surface area contributed by atoms with Crippen LogP contribution in [0.25, 0.3) is 44.5 Å². The second-order valence-corrected chi connectivity index (χ2v) is 19.5. The molecule has 0 amide bonds. The van der Waals surface area contributed by atoms with Gasteiger partial charge in [-0.3, -0.25) is 0 Å². The van der Waals surface area contributed by atoms with Crippen molar-refractivity contribution in [2.24, 2.45) is 0 Å². The lowest BCUT2D eigenvalue weighted by Gasteiger charge is -2.34. The van der Waals surface area contributed by atoms with Gasteiger partial charge in [-0.05, 0) is 143 Å². The third-order valence-corrected chi connectivity index (χ3v) is 15.9. The lowest BCUT2D eigenvalue weighted by Crippen LogP contribution is -2.28. The Labute approximate surface area is 400 Å². The van der Waals surface area contributed by atoms with Crippen LogP contribution < -0.4 is 4.90 Å². The maximum Gasteiger partial charge on any atom is 0.0713 e. The largest absolute Gasteiger partial charge is 0.310 e. The molecule has 10 aromatic carbocycles. The molecule has 0 saturated carbocycles. The summed E-state index contributed by atoms with van der Waals surface area (Å²) in [5.74, 6) is 0. The summed E-state index contributed by atoms with van der Waals surface area (Å²) in [4.78, 5) is 2.51. The highest BCUT2D eigenvalue weighted by molar-refractivity contribution is 5.92. The molecule has 0 aromatic heterocycles. The zero-order valence-electron chi connectivity index (χ0n) is 38.7. The van der Waals surface area contributed by atoms with Crippen LogP contribution in [0.4, 0.5) is 17.1 Å². The minimum absolute atomic E-state index is 0.144. The van der Waals surface area contributed by atoms with Crippen molar-refractivity contribution in [1.29, 1.82) is 0 Å². The van der Waals surface area contributed by atoms with Crippen LogP contribution in [0, 0.1) is 0 Å². The van der Waals surface area contributed by atoms with Crippen molar-refractivity contribution in [2.75, 3.05) is 4.90 Å². The van der Waals surface area contributed by atoms with Crippen molar-refractivity contribution < 1.29 is 0 Å². The van der Waals surface area contributed by atoms with Crippen molar-refractivity contribution in [2.45, 2.75) is 43.4 Å². The molecule has 0 spiro atoms. The fraction of sp³-hybridized carbons (Fsp3) is 0.104. The molecule has 0 N–H and O–H groups in total. The summed E-state index contributed by atoms with van der Waals surface area (Å²) >= 11 is 0. The molecule has 0 aliphatic heterocycles. The minimum atomic E-state index is -0.437. The predicted octanol–water partition coefficient (Wildman–Crippen LogP) is 17.2. The topological polar surface area (TPSA) is 3.24 Å². The van der Waals surface area contributed by atoms with Gasteiger partial charge in [0.15, 0.2) is 0 Å². The van der Waals surface area contributed by atoms with Crippen molar-refractivity contribution in [3.63, 3.8) is 0 Å². The number of nitrogens with zero attached hydrogens (tertiary/aromatic N) is 1. The lowest BCUT2D eigenvalue weighted by atomic mass is 9.67. The fourth-order valence-corrected chi connectivity index (χ4v) is 12.8. The highest BCUT2D eigenvalue weighted by Crippen LogP contribution is 2.59. The van der Waals surface area contributed by atoms with Crippen LogP contribution in [-0.2, 0) is 16.2 Å². The molecule has 324 valence electrons. The highest BCUT2D eigenvalue weighted by atomic mass is 15.1. The molecule has 0 saturated heterocycles. The molecule has 1 nitrogen and oxygen atoms in total. The molecule has 3 aliphatic rings. The van der Waals surface area contributed by atoms with Crippen LogP contribution in [0.5, 0.6) is 0 Å². The van der Waals surface area contributed by atoms with Gasteiger partial charge >= 0.3 is 0 Å². The van der Waals surface area contributed by atoms with Crippen LogP contribution in [0.1, 0.15) is 77.3 Å². The summed E-state index contributed by atoms with van der Waals surface area (Å²) in [5.41, 5.74) is 24.8. The van der Waals surface area contributed by atoms with Gasteiger partial charge in [-0.2, -0.15) is 0 Å². The van der Waals surface area contributed by atoms with Crippen molar-refractivity contribution in [3.8, 4) is 44.5 Å². The van der Waals surface area contributed by atoms with E-state index in [2.05, 4.69) is 268 Å². The molecule has 1 unspecified atom stereocenters. The van der Waals surface area contributed by atoms with E-state index in [1.165, 1.54) is 94.6 Å². The third kappa shape index (κ3) is 5.63. The average molecular weight is 870 g/mol. The number of fused-ring (bicyclic) bond motifs is 9. The number of anilines is 3. The summed E-state index contributed by atoms with van der Waals surface area (Å²) in [6.45, 7) is 7.11. The smallest absolute Gasteiger partial charge is 0.0713 e. The van der Waals surface area contributed by atoms with Gasteiger partial charge in [-0.25, -0.2) is 0 Å². The monoisotopic (exact) mass is 869 g/mol. The second kappa shape index (κ2) is 15.3. The fourth-order valence-electron chi connectivity index (χ4n) is 12.8. The molecule has 0 fully saturated rings. The maximum atomic E-state index is 2.51. The Hall–Kier alpha value is -8.00. The molecule has 0 bridgehead atoms. The van der Waals surface area contributed by atoms with E-state index in [9.17, 15) is 0 Å². The molecule has 13 rings (SSSR count). The van der Waals surface area contributed by atoms with Gasteiger partial charge < -0.3 is 4.90 Å². The second-order valence-electron chi connectivity index (χ2n) is 19.5. The van der Waals surface area contributed by atoms with Gasteiger partial charge in [0.05, 0.1) is 5.41 Å². The summed E-state index contributed by atoms with van der Waals surface area (Å²) < 4.78 is 0. The molecule has 0 radical (unpaired) electrons. The first-order chi connectivity index (χ1) is 33.4. The number of rotatable bonds is 8. The van der Waals surface area contributed by atoms with Gasteiger partial charge in [0.2, 0.25) is 0 Å². The Balaban J connectivity index is 1.00. The van der Waals surface area contributed by atoms with E-state index in [4.69, 9.17) is 0 Å². The molecule has 3 aliphatic carbocycles. The standard InChI is InChI=1S/C67H51N/c1-4-66(47-22-8-5-9-23-47)60-33-18-15-30-54(60)57-39-37-52(44-64(57)66)68(51-36-38-56-53-29-14-17-32-59(53)65(2,3)63(56)43-51)50-28-20-21-45(41-50)46-35-40-62-58(42-46)55-31-16-19-34-61(55)67(62,48-24-10-6-11-25-48)49-26-12-7-13-27-49/h5-44H,4H2,1-3H3. The van der Waals surface area contributed by atoms with Crippen LogP contribution in [0.3, 0.4) is 0 Å². The van der Waals surface area contributed by atoms with Gasteiger partial charge in [-0.15, -0.1) is 0 Å². The van der Waals surface area contributed by atoms with Crippen molar-refractivity contribution in [3.05, 3.63) is 293 Å². The first-order valence-electron chi connectivity index (χ1n) is 24.2. The van der Waals surface area contributed by atoms with E-state index in [1.54, 1.807) is 0 Å². The van der Waals surface area contributed by atoms with Gasteiger partial charge in [0, 0.05) is 27.9 Å². The van der Waals surface area contributed by atoms with Gasteiger partial charge in [-0.1, -0.05) is 221 Å². The van der Waals surface area contributed by atoms with E-state index >= 15 is 0 Å². The van der Waals surface area contributed by atoms with Crippen molar-refractivity contribution >= 4 is 17.1 Å². The minimum Gasteiger partial charge on any atom is -0.310 e. The molecular formula is C67H51N. The van der Waals surface area contributed by atoms with E-state index < -0.39 is 5.41 Å². The lowest BCUT2D eigenvalue weighted by molar-refractivity contribution is 0.609. The van der Waals surface area contributed by atoms with Crippen molar-refractivity contribution in [1.82, 2.24) is 0 Å². The van der Waals surface area contributed by atoms with Gasteiger partial charge in [0.25, 0.3) is 0 Å². The molecular weight excluding hydrogens is 819 g/mol. The Morgan fingerprint density at radius 1 is 0.309 bits per heavy atom. The highest BCUT2D eigenvalue weighted by Gasteiger charge is 2.47. The van der Waals surface area contributed by atoms with Crippen LogP contribution in [0.2, 0.25) is 0 Å². The zero-order chi connectivity index (χ0) is 45.6. The van der Waals surface area contributed by atoms with E-state index in [-0.39, 0.29) is 10.8 Å². The number of hydrogen-bond donors (Lipinski definition) is 0. The maximum absolute atomic E-state index is 2.51. The third-order valence-electron chi connectivity index (χ3n) is 15.9. The van der Waals surface area contributed by atoms with Crippen LogP contribution >= 0.6 is 0 Å². The average Bonchev–Trinajstić information content (AvgIpc) is 3.96. The number of benzene rings is 10. The van der Waals surface area contributed by atoms with E-state index in [1.807, 2.05) is 0 Å². The Kier molecular flexibility index (Phi) is 9.05. The van der Waals surface area contributed by atoms with Crippen LogP contribution in [0.15, 0.2) is 243 Å². The first-order valence-corrected chi connectivity index (χ1v) is 24.2. The Morgan fingerprint density at radius 2 is 0.765 bits per heavy atom. The zero-order valence-corrected chi connectivity index (χ0v) is 38.7. The van der Waals surface area contributed by atoms with Gasteiger partial charge in [0.1, 0.15) is 0 Å². The SMILES string of the molecule is CCC1(c2ccccc2)c2ccccc2-c2ccc(N(c3cccc(-c4ccc5c(c4)-c4ccccc4C5(c4ccccc4)c4ccccc4)c3)c3ccc4c(c3)C(C)(C)c3ccccc3-4)cc21. The summed E-state index contributed by atoms with van der Waals surface area (Å²) in [7, 11) is 0. The molecule has 1 heteroatoms. The van der Waals surface area contributed by atoms with Crippen LogP contribution in [-0.4, -0.2) is 0 Å². The quantitative estimate of drug-likeness (QED) is 0.147.